The molecule has 2 amide bonds. The standard InChI is InChI=1S/C22H13BrCl2N2O3S2/c1-11-2-5-13(8-18(11)25)27-20(29)16(19(28)26-22(27)31)9-14-10-17(23)21(30-14)32-15-6-3-12(24)4-7-15/h2-10H,1H3,(H,26,28,31)/b16-9+. The molecule has 5 nitrogen and oxygen atoms in total. The van der Waals surface area contributed by atoms with Gasteiger partial charge in [0.25, 0.3) is 11.8 Å². The van der Waals surface area contributed by atoms with Crippen molar-refractivity contribution in [3.8, 4) is 0 Å². The van der Waals surface area contributed by atoms with Crippen LogP contribution in [0.2, 0.25) is 10.0 Å². The minimum Gasteiger partial charge on any atom is -0.449 e. The predicted molar refractivity (Wildman–Crippen MR) is 134 cm³/mol. The Labute approximate surface area is 211 Å². The zero-order valence-corrected chi connectivity index (χ0v) is 21.0. The molecule has 0 saturated carbocycles. The van der Waals surface area contributed by atoms with E-state index in [4.69, 9.17) is 39.8 Å². The van der Waals surface area contributed by atoms with E-state index in [-0.39, 0.29) is 10.7 Å². The van der Waals surface area contributed by atoms with E-state index in [2.05, 4.69) is 21.2 Å². The summed E-state index contributed by atoms with van der Waals surface area (Å²) in [7, 11) is 0. The Morgan fingerprint density at radius 3 is 2.53 bits per heavy atom. The van der Waals surface area contributed by atoms with Gasteiger partial charge < -0.3 is 4.42 Å². The van der Waals surface area contributed by atoms with E-state index in [1.807, 2.05) is 19.1 Å². The minimum absolute atomic E-state index is 0.0170. The van der Waals surface area contributed by atoms with Crippen molar-refractivity contribution in [3.05, 3.63) is 79.9 Å². The van der Waals surface area contributed by atoms with Gasteiger partial charge in [-0.3, -0.25) is 19.8 Å². The number of aryl methyl sites for hydroxylation is 1. The van der Waals surface area contributed by atoms with E-state index in [0.29, 0.717) is 31.1 Å². The lowest BCUT2D eigenvalue weighted by atomic mass is 10.1. The fourth-order valence-electron chi connectivity index (χ4n) is 2.87. The zero-order chi connectivity index (χ0) is 23.0. The Morgan fingerprint density at radius 1 is 1.12 bits per heavy atom. The van der Waals surface area contributed by atoms with Crippen LogP contribution in [0.15, 0.2) is 73.0 Å². The van der Waals surface area contributed by atoms with Crippen LogP contribution in [0.1, 0.15) is 11.3 Å². The number of furan rings is 1. The van der Waals surface area contributed by atoms with Crippen LogP contribution < -0.4 is 10.2 Å². The van der Waals surface area contributed by atoms with Gasteiger partial charge in [0.1, 0.15) is 11.3 Å². The van der Waals surface area contributed by atoms with Crippen LogP contribution in [0.25, 0.3) is 6.08 Å². The number of nitrogens with one attached hydrogen (secondary N) is 1. The maximum absolute atomic E-state index is 13.2. The molecule has 0 bridgehead atoms. The van der Waals surface area contributed by atoms with Gasteiger partial charge in [0.2, 0.25) is 0 Å². The molecule has 0 unspecified atom stereocenters. The molecule has 32 heavy (non-hydrogen) atoms. The average molecular weight is 568 g/mol. The summed E-state index contributed by atoms with van der Waals surface area (Å²) < 4.78 is 6.54. The molecule has 1 saturated heterocycles. The lowest BCUT2D eigenvalue weighted by molar-refractivity contribution is -0.122. The third-order valence-corrected chi connectivity index (χ3v) is 7.29. The molecule has 2 heterocycles. The van der Waals surface area contributed by atoms with Crippen LogP contribution in [0.5, 0.6) is 0 Å². The molecule has 10 heteroatoms. The van der Waals surface area contributed by atoms with Crippen LogP contribution in [-0.2, 0) is 9.59 Å². The predicted octanol–water partition coefficient (Wildman–Crippen LogP) is 6.64. The molecule has 1 N–H and O–H groups in total. The molecule has 4 rings (SSSR count). The van der Waals surface area contributed by atoms with Crippen molar-refractivity contribution in [2.45, 2.75) is 16.9 Å². The minimum atomic E-state index is -0.603. The lowest BCUT2D eigenvalue weighted by Crippen LogP contribution is -2.54. The van der Waals surface area contributed by atoms with Crippen molar-refractivity contribution in [1.29, 1.82) is 0 Å². The highest BCUT2D eigenvalue weighted by molar-refractivity contribution is 9.10. The van der Waals surface area contributed by atoms with E-state index in [0.717, 1.165) is 10.5 Å². The first kappa shape index (κ1) is 23.1. The van der Waals surface area contributed by atoms with Crippen molar-refractivity contribution >= 4 is 91.8 Å². The summed E-state index contributed by atoms with van der Waals surface area (Å²) in [5.74, 6) is -0.839. The first-order valence-electron chi connectivity index (χ1n) is 9.13. The number of rotatable bonds is 4. The van der Waals surface area contributed by atoms with E-state index in [9.17, 15) is 9.59 Å². The summed E-state index contributed by atoms with van der Waals surface area (Å²) in [6.45, 7) is 1.85. The summed E-state index contributed by atoms with van der Waals surface area (Å²) >= 11 is 22.2. The monoisotopic (exact) mass is 566 g/mol. The number of carbonyl (C=O) groups excluding carboxylic acids is 2. The Morgan fingerprint density at radius 2 is 1.84 bits per heavy atom. The topological polar surface area (TPSA) is 62.6 Å². The van der Waals surface area contributed by atoms with Crippen LogP contribution in [0.4, 0.5) is 5.69 Å². The maximum Gasteiger partial charge on any atom is 0.270 e. The number of hydrogen-bond acceptors (Lipinski definition) is 5. The molecular weight excluding hydrogens is 555 g/mol. The molecule has 0 aliphatic carbocycles. The highest BCUT2D eigenvalue weighted by atomic mass is 79.9. The number of hydrogen-bond donors (Lipinski definition) is 1. The number of carbonyl (C=O) groups is 2. The van der Waals surface area contributed by atoms with Gasteiger partial charge in [0.15, 0.2) is 10.2 Å². The Hall–Kier alpha value is -2.10. The Bertz CT molecular complexity index is 1290. The van der Waals surface area contributed by atoms with Crippen LogP contribution in [0, 0.1) is 6.92 Å². The summed E-state index contributed by atoms with van der Waals surface area (Å²) in [6, 6.07) is 14.1. The molecule has 1 aliphatic heterocycles. The van der Waals surface area contributed by atoms with Crippen molar-refractivity contribution in [2.24, 2.45) is 0 Å². The lowest BCUT2D eigenvalue weighted by Gasteiger charge is -2.29. The first-order chi connectivity index (χ1) is 15.2. The summed E-state index contributed by atoms with van der Waals surface area (Å²) in [4.78, 5) is 27.8. The van der Waals surface area contributed by atoms with Gasteiger partial charge in [-0.1, -0.05) is 41.0 Å². The van der Waals surface area contributed by atoms with E-state index in [1.165, 1.54) is 22.7 Å². The number of anilines is 1. The van der Waals surface area contributed by atoms with Crippen molar-refractivity contribution in [1.82, 2.24) is 5.32 Å². The van der Waals surface area contributed by atoms with Crippen molar-refractivity contribution in [3.63, 3.8) is 0 Å². The maximum atomic E-state index is 13.2. The number of benzene rings is 2. The quantitative estimate of drug-likeness (QED) is 0.217. The first-order valence-corrected chi connectivity index (χ1v) is 11.9. The molecule has 162 valence electrons. The fourth-order valence-corrected chi connectivity index (χ4v) is 4.79. The van der Waals surface area contributed by atoms with E-state index < -0.39 is 11.8 Å². The second-order valence-corrected chi connectivity index (χ2v) is 9.86. The molecule has 2 aromatic carbocycles. The van der Waals surface area contributed by atoms with E-state index in [1.54, 1.807) is 36.4 Å². The molecular formula is C22H13BrCl2N2O3S2. The Balaban J connectivity index is 1.64. The van der Waals surface area contributed by atoms with Gasteiger partial charge >= 0.3 is 0 Å². The van der Waals surface area contributed by atoms with Crippen molar-refractivity contribution < 1.29 is 14.0 Å². The Kier molecular flexibility index (Phi) is 6.78. The van der Waals surface area contributed by atoms with Gasteiger partial charge in [0, 0.05) is 14.9 Å². The largest absolute Gasteiger partial charge is 0.449 e. The molecule has 1 fully saturated rings. The number of thiocarbonyl (C=S) groups is 1. The third kappa shape index (κ3) is 4.79. The normalized spacial score (nSPS) is 15.4. The molecule has 0 radical (unpaired) electrons. The van der Waals surface area contributed by atoms with Gasteiger partial charge in [-0.05, 0) is 89.2 Å². The fraction of sp³-hybridized carbons (Fsp3) is 0.0455. The average Bonchev–Trinajstić information content (AvgIpc) is 3.08. The van der Waals surface area contributed by atoms with Crippen LogP contribution in [0.3, 0.4) is 0 Å². The SMILES string of the molecule is Cc1ccc(N2C(=O)/C(=C/c3cc(Br)c(Sc4ccc(Cl)cc4)o3)C(=O)NC2=S)cc1Cl. The van der Waals surface area contributed by atoms with Gasteiger partial charge in [0.05, 0.1) is 10.2 Å². The molecule has 0 atom stereocenters. The van der Waals surface area contributed by atoms with Crippen LogP contribution >= 0.6 is 63.1 Å². The second-order valence-electron chi connectivity index (χ2n) is 6.73. The molecule has 1 aromatic heterocycles. The summed E-state index contributed by atoms with van der Waals surface area (Å²) in [5, 5.41) is 4.22. The van der Waals surface area contributed by atoms with Gasteiger partial charge in [-0.25, -0.2) is 0 Å². The molecule has 1 aliphatic rings. The smallest absolute Gasteiger partial charge is 0.270 e. The second kappa shape index (κ2) is 9.41. The van der Waals surface area contributed by atoms with Crippen LogP contribution in [-0.4, -0.2) is 16.9 Å². The number of amides is 2. The van der Waals surface area contributed by atoms with Gasteiger partial charge in [-0.15, -0.1) is 0 Å². The third-order valence-electron chi connectivity index (χ3n) is 4.50. The highest BCUT2D eigenvalue weighted by Crippen LogP contribution is 2.37. The summed E-state index contributed by atoms with van der Waals surface area (Å²) in [6.07, 6.45) is 1.39. The van der Waals surface area contributed by atoms with Crippen molar-refractivity contribution in [2.75, 3.05) is 4.90 Å². The summed E-state index contributed by atoms with van der Waals surface area (Å²) in [5.41, 5.74) is 1.21. The van der Waals surface area contributed by atoms with Gasteiger partial charge in [-0.2, -0.15) is 0 Å². The molecule has 3 aromatic rings. The molecule has 0 spiro atoms. The van der Waals surface area contributed by atoms with E-state index >= 15 is 0 Å². The number of halogens is 3. The number of nitrogens with zero attached hydrogens (tertiary/aromatic N) is 1. The zero-order valence-electron chi connectivity index (χ0n) is 16.3. The highest BCUT2D eigenvalue weighted by Gasteiger charge is 2.35.